The number of carbonyl (C=O) groups excluding carboxylic acids is 2. The number of rotatable bonds is 5. The van der Waals surface area contributed by atoms with Gasteiger partial charge in [0.25, 0.3) is 0 Å². The highest BCUT2D eigenvalue weighted by molar-refractivity contribution is 6.30. The van der Waals surface area contributed by atoms with Crippen molar-refractivity contribution in [3.63, 3.8) is 0 Å². The molecule has 1 amide bonds. The van der Waals surface area contributed by atoms with Gasteiger partial charge in [0.1, 0.15) is 0 Å². The van der Waals surface area contributed by atoms with E-state index in [0.29, 0.717) is 36.0 Å². The summed E-state index contributed by atoms with van der Waals surface area (Å²) in [6, 6.07) is 12.6. The number of nitrogens with one attached hydrogen (secondary N) is 1. The molecule has 32 heavy (non-hydrogen) atoms. The first kappa shape index (κ1) is 21.6. The molecule has 1 N–H and O–H groups in total. The van der Waals surface area contributed by atoms with E-state index in [-0.39, 0.29) is 5.91 Å². The topological polar surface area (TPSA) is 84.5 Å². The van der Waals surface area contributed by atoms with E-state index in [0.717, 1.165) is 28.1 Å². The number of fused-ring (bicyclic) bond motifs is 1. The van der Waals surface area contributed by atoms with Crippen molar-refractivity contribution in [3.8, 4) is 22.8 Å². The quantitative estimate of drug-likeness (QED) is 0.356. The maximum atomic E-state index is 12.9. The second-order valence-electron chi connectivity index (χ2n) is 7.39. The van der Waals surface area contributed by atoms with Crippen LogP contribution in [0.4, 0.5) is 0 Å². The molecule has 0 unspecified atom stereocenters. The number of hydrogen-bond donors (Lipinski definition) is 1. The summed E-state index contributed by atoms with van der Waals surface area (Å²) in [6.45, 7) is 2.39. The summed E-state index contributed by atoms with van der Waals surface area (Å²) >= 11 is 6.13. The zero-order valence-corrected chi connectivity index (χ0v) is 18.5. The van der Waals surface area contributed by atoms with Crippen LogP contribution >= 0.6 is 11.6 Å². The average Bonchev–Trinajstić information content (AvgIpc) is 3.21. The van der Waals surface area contributed by atoms with Crippen molar-refractivity contribution in [1.29, 1.82) is 0 Å². The number of halogens is 1. The molecule has 0 saturated heterocycles. The number of aromatic nitrogens is 2. The molecule has 3 aromatic rings. The fourth-order valence-corrected chi connectivity index (χ4v) is 3.85. The summed E-state index contributed by atoms with van der Waals surface area (Å²) in [5.41, 5.74) is 4.53. The zero-order valence-electron chi connectivity index (χ0n) is 17.7. The van der Waals surface area contributed by atoms with E-state index in [1.54, 1.807) is 29.2 Å². The van der Waals surface area contributed by atoms with E-state index < -0.39 is 5.97 Å². The van der Waals surface area contributed by atoms with Crippen LogP contribution in [-0.2, 0) is 22.6 Å². The van der Waals surface area contributed by atoms with Gasteiger partial charge in [0.15, 0.2) is 11.5 Å². The van der Waals surface area contributed by atoms with Crippen molar-refractivity contribution in [2.24, 2.45) is 0 Å². The van der Waals surface area contributed by atoms with Gasteiger partial charge >= 0.3 is 5.97 Å². The third-order valence-electron chi connectivity index (χ3n) is 5.20. The van der Waals surface area contributed by atoms with Gasteiger partial charge in [0, 0.05) is 54.4 Å². The highest BCUT2D eigenvalue weighted by Gasteiger charge is 2.24. The minimum Gasteiger partial charge on any atom is -0.493 e. The third-order valence-corrected chi connectivity index (χ3v) is 5.44. The number of carbonyl (C=O) groups is 2. The predicted octanol–water partition coefficient (Wildman–Crippen LogP) is 4.26. The van der Waals surface area contributed by atoms with Crippen molar-refractivity contribution in [1.82, 2.24) is 15.1 Å². The molecule has 1 aliphatic heterocycles. The third kappa shape index (κ3) is 4.68. The van der Waals surface area contributed by atoms with Crippen LogP contribution in [0.3, 0.4) is 0 Å². The van der Waals surface area contributed by atoms with Gasteiger partial charge in [-0.05, 0) is 35.9 Å². The maximum absolute atomic E-state index is 12.9. The number of esters is 1. The second-order valence-corrected chi connectivity index (χ2v) is 7.82. The molecule has 0 fully saturated rings. The molecule has 1 aliphatic rings. The number of H-pyrrole nitrogens is 1. The van der Waals surface area contributed by atoms with Crippen LogP contribution in [0.5, 0.6) is 11.5 Å². The van der Waals surface area contributed by atoms with E-state index in [4.69, 9.17) is 21.1 Å². The number of methoxy groups -OCH3 is 1. The van der Waals surface area contributed by atoms with Crippen LogP contribution in [0.15, 0.2) is 48.5 Å². The van der Waals surface area contributed by atoms with Gasteiger partial charge < -0.3 is 14.4 Å². The Morgan fingerprint density at radius 1 is 1.19 bits per heavy atom. The van der Waals surface area contributed by atoms with Gasteiger partial charge in [-0.3, -0.25) is 14.7 Å². The Balaban J connectivity index is 1.50. The Labute approximate surface area is 190 Å². The lowest BCUT2D eigenvalue weighted by atomic mass is 10.0. The van der Waals surface area contributed by atoms with E-state index in [1.807, 2.05) is 24.3 Å². The molecule has 0 radical (unpaired) electrons. The standard InChI is InChI=1S/C24H22ClN3O4/c1-15(29)32-21-8-6-16(12-22(21)31-2)7-9-23(30)28-11-10-20-19(14-28)24(27-26-20)17-4-3-5-18(25)13-17/h3-9,12-13H,10-11,14H2,1-2H3,(H,26,27)/b9-7+. The number of hydrogen-bond acceptors (Lipinski definition) is 5. The molecule has 8 heteroatoms. The monoisotopic (exact) mass is 451 g/mol. The summed E-state index contributed by atoms with van der Waals surface area (Å²) in [5, 5.41) is 8.19. The number of nitrogens with zero attached hydrogens (tertiary/aromatic N) is 2. The molecule has 0 spiro atoms. The van der Waals surface area contributed by atoms with Gasteiger partial charge in [-0.2, -0.15) is 5.10 Å². The molecule has 4 rings (SSSR count). The summed E-state index contributed by atoms with van der Waals surface area (Å²) < 4.78 is 10.4. The lowest BCUT2D eigenvalue weighted by Gasteiger charge is -2.26. The SMILES string of the molecule is COc1cc(/C=C/C(=O)N2CCc3[nH]nc(-c4cccc(Cl)c4)c3C2)ccc1OC(C)=O. The van der Waals surface area contributed by atoms with Gasteiger partial charge in [0.05, 0.1) is 12.8 Å². The fraction of sp³-hybridized carbons (Fsp3) is 0.208. The van der Waals surface area contributed by atoms with Gasteiger partial charge in [0.2, 0.25) is 5.91 Å². The van der Waals surface area contributed by atoms with E-state index in [1.165, 1.54) is 20.1 Å². The summed E-state index contributed by atoms with van der Waals surface area (Å²) in [4.78, 5) is 25.8. The first-order valence-corrected chi connectivity index (χ1v) is 10.5. The Bertz CT molecular complexity index is 1200. The highest BCUT2D eigenvalue weighted by atomic mass is 35.5. The van der Waals surface area contributed by atoms with E-state index in [9.17, 15) is 9.59 Å². The Morgan fingerprint density at radius 3 is 2.78 bits per heavy atom. The minimum atomic E-state index is -0.428. The number of benzene rings is 2. The Hall–Kier alpha value is -3.58. The normalized spacial score (nSPS) is 13.2. The molecular weight excluding hydrogens is 430 g/mol. The molecular formula is C24H22ClN3O4. The largest absolute Gasteiger partial charge is 0.493 e. The summed E-state index contributed by atoms with van der Waals surface area (Å²) in [6.07, 6.45) is 3.95. The van der Waals surface area contributed by atoms with E-state index in [2.05, 4.69) is 10.2 Å². The predicted molar refractivity (Wildman–Crippen MR) is 121 cm³/mol. The number of amides is 1. The van der Waals surface area contributed by atoms with Crippen molar-refractivity contribution in [2.75, 3.05) is 13.7 Å². The molecule has 0 aliphatic carbocycles. The molecule has 164 valence electrons. The molecule has 0 saturated carbocycles. The van der Waals surface area contributed by atoms with Gasteiger partial charge in [-0.15, -0.1) is 0 Å². The Morgan fingerprint density at radius 2 is 2.03 bits per heavy atom. The molecule has 0 atom stereocenters. The van der Waals surface area contributed by atoms with Crippen molar-refractivity contribution >= 4 is 29.6 Å². The zero-order chi connectivity index (χ0) is 22.7. The van der Waals surface area contributed by atoms with Crippen LogP contribution in [0, 0.1) is 0 Å². The molecule has 1 aromatic heterocycles. The fourth-order valence-electron chi connectivity index (χ4n) is 3.66. The van der Waals surface area contributed by atoms with E-state index >= 15 is 0 Å². The van der Waals surface area contributed by atoms with Crippen LogP contribution in [-0.4, -0.2) is 40.6 Å². The molecule has 7 nitrogen and oxygen atoms in total. The number of aromatic amines is 1. The van der Waals surface area contributed by atoms with Crippen LogP contribution < -0.4 is 9.47 Å². The van der Waals surface area contributed by atoms with Gasteiger partial charge in [-0.1, -0.05) is 29.8 Å². The molecule has 0 bridgehead atoms. The van der Waals surface area contributed by atoms with Crippen molar-refractivity contribution in [3.05, 3.63) is 70.4 Å². The lowest BCUT2D eigenvalue weighted by Crippen LogP contribution is -2.34. The lowest BCUT2D eigenvalue weighted by molar-refractivity contribution is -0.132. The summed E-state index contributed by atoms with van der Waals surface area (Å²) in [7, 11) is 1.49. The first-order chi connectivity index (χ1) is 15.4. The maximum Gasteiger partial charge on any atom is 0.308 e. The molecule has 2 heterocycles. The average molecular weight is 452 g/mol. The Kier molecular flexibility index (Phi) is 6.28. The van der Waals surface area contributed by atoms with Gasteiger partial charge in [-0.25, -0.2) is 0 Å². The first-order valence-electron chi connectivity index (χ1n) is 10.1. The van der Waals surface area contributed by atoms with Crippen LogP contribution in [0.25, 0.3) is 17.3 Å². The number of ether oxygens (including phenoxy) is 2. The smallest absolute Gasteiger partial charge is 0.308 e. The minimum absolute atomic E-state index is 0.100. The van der Waals surface area contributed by atoms with Crippen molar-refractivity contribution in [2.45, 2.75) is 19.9 Å². The second kappa shape index (κ2) is 9.28. The van der Waals surface area contributed by atoms with Crippen molar-refractivity contribution < 1.29 is 19.1 Å². The van der Waals surface area contributed by atoms with Crippen LogP contribution in [0.2, 0.25) is 5.02 Å². The molecule has 2 aromatic carbocycles. The highest BCUT2D eigenvalue weighted by Crippen LogP contribution is 2.31. The van der Waals surface area contributed by atoms with Crippen LogP contribution in [0.1, 0.15) is 23.7 Å². The summed E-state index contributed by atoms with van der Waals surface area (Å²) in [5.74, 6) is 0.224.